The van der Waals surface area contributed by atoms with Gasteiger partial charge in [-0.25, -0.2) is 24.3 Å². The van der Waals surface area contributed by atoms with E-state index in [0.717, 1.165) is 32.4 Å². The quantitative estimate of drug-likeness (QED) is 0.528. The van der Waals surface area contributed by atoms with Gasteiger partial charge in [0.1, 0.15) is 5.82 Å². The van der Waals surface area contributed by atoms with Gasteiger partial charge in [0.2, 0.25) is 0 Å². The van der Waals surface area contributed by atoms with Crippen LogP contribution < -0.4 is 16.1 Å². The van der Waals surface area contributed by atoms with Gasteiger partial charge in [-0.05, 0) is 18.9 Å². The third kappa shape index (κ3) is 3.16. The van der Waals surface area contributed by atoms with E-state index in [4.69, 9.17) is 5.84 Å². The molecule has 2 rings (SSSR count). The number of nitrogens with zero attached hydrogens (tertiary/aromatic N) is 2. The summed E-state index contributed by atoms with van der Waals surface area (Å²) in [6.45, 7) is 1.48. The molecule has 18 heavy (non-hydrogen) atoms. The lowest BCUT2D eigenvalue weighted by atomic mass is 10.2. The van der Waals surface area contributed by atoms with E-state index >= 15 is 0 Å². The molecule has 4 N–H and O–H groups in total. The molecule has 0 amide bonds. The van der Waals surface area contributed by atoms with Crippen LogP contribution in [0.2, 0.25) is 0 Å². The predicted molar refractivity (Wildman–Crippen MR) is 67.8 cm³/mol. The number of nitrogens with one attached hydrogen (secondary N) is 2. The van der Waals surface area contributed by atoms with Gasteiger partial charge in [0.15, 0.2) is 0 Å². The van der Waals surface area contributed by atoms with Gasteiger partial charge in [-0.1, -0.05) is 6.42 Å². The van der Waals surface area contributed by atoms with Crippen molar-refractivity contribution < 1.29 is 8.42 Å². The number of aromatic nitrogens is 1. The van der Waals surface area contributed by atoms with Gasteiger partial charge in [-0.15, -0.1) is 4.83 Å². The summed E-state index contributed by atoms with van der Waals surface area (Å²) < 4.78 is 24.2. The molecule has 7 nitrogen and oxygen atoms in total. The van der Waals surface area contributed by atoms with Gasteiger partial charge in [-0.3, -0.25) is 0 Å². The molecule has 8 heteroatoms. The molecule has 0 spiro atoms. The zero-order valence-electron chi connectivity index (χ0n) is 9.96. The number of sulfonamides is 1. The zero-order valence-corrected chi connectivity index (χ0v) is 10.8. The van der Waals surface area contributed by atoms with Crippen molar-refractivity contribution in [2.24, 2.45) is 5.84 Å². The molecule has 1 fully saturated rings. The number of pyridine rings is 1. The Morgan fingerprint density at radius 3 is 2.67 bits per heavy atom. The van der Waals surface area contributed by atoms with Crippen LogP contribution in [0.25, 0.3) is 0 Å². The minimum Gasteiger partial charge on any atom is -0.308 e. The molecule has 1 aromatic rings. The number of piperidine rings is 1. The molecular weight excluding hydrogens is 254 g/mol. The Balaban J connectivity index is 2.13. The molecule has 0 radical (unpaired) electrons. The van der Waals surface area contributed by atoms with Gasteiger partial charge in [0.05, 0.1) is 4.90 Å². The molecule has 100 valence electrons. The maximum absolute atomic E-state index is 12.1. The van der Waals surface area contributed by atoms with Crippen molar-refractivity contribution in [1.82, 2.24) is 14.8 Å². The van der Waals surface area contributed by atoms with Crippen LogP contribution in [-0.2, 0) is 10.0 Å². The SMILES string of the molecule is NNc1cc(S(=O)(=O)NN2CCCCC2)ccn1. The van der Waals surface area contributed by atoms with Gasteiger partial charge in [0.25, 0.3) is 10.0 Å². The smallest absolute Gasteiger partial charge is 0.253 e. The largest absolute Gasteiger partial charge is 0.308 e. The van der Waals surface area contributed by atoms with Crippen molar-refractivity contribution in [1.29, 1.82) is 0 Å². The number of nitrogens with two attached hydrogens (primary N) is 1. The third-order valence-electron chi connectivity index (χ3n) is 2.79. The van der Waals surface area contributed by atoms with E-state index in [9.17, 15) is 8.42 Å². The van der Waals surface area contributed by atoms with Crippen molar-refractivity contribution in [3.63, 3.8) is 0 Å². The second-order valence-corrected chi connectivity index (χ2v) is 5.82. The average molecular weight is 271 g/mol. The fourth-order valence-electron chi connectivity index (χ4n) is 1.87. The molecule has 0 unspecified atom stereocenters. The van der Waals surface area contributed by atoms with Crippen LogP contribution in [0, 0.1) is 0 Å². The Morgan fingerprint density at radius 1 is 1.28 bits per heavy atom. The number of hydrazine groups is 2. The first-order valence-corrected chi connectivity index (χ1v) is 7.30. The molecule has 1 aromatic heterocycles. The van der Waals surface area contributed by atoms with E-state index in [1.54, 1.807) is 5.01 Å². The zero-order chi connectivity index (χ0) is 13.0. The van der Waals surface area contributed by atoms with Crippen LogP contribution >= 0.6 is 0 Å². The van der Waals surface area contributed by atoms with E-state index in [1.807, 2.05) is 0 Å². The van der Waals surface area contributed by atoms with Crippen molar-refractivity contribution >= 4 is 15.8 Å². The summed E-state index contributed by atoms with van der Waals surface area (Å²) in [5, 5.41) is 1.73. The van der Waals surface area contributed by atoms with Crippen molar-refractivity contribution in [2.75, 3.05) is 18.5 Å². The molecule has 0 aromatic carbocycles. The highest BCUT2D eigenvalue weighted by Gasteiger charge is 2.20. The van der Waals surface area contributed by atoms with Gasteiger partial charge in [0, 0.05) is 25.4 Å². The summed E-state index contributed by atoms with van der Waals surface area (Å²) in [4.78, 5) is 6.60. The van der Waals surface area contributed by atoms with Gasteiger partial charge in [-0.2, -0.15) is 0 Å². The molecular formula is C10H17N5O2S. The Labute approximate surface area is 106 Å². The Bertz CT molecular complexity index is 499. The standard InChI is InChI=1S/C10H17N5O2S/c11-13-10-8-9(4-5-12-10)18(16,17)14-15-6-2-1-3-7-15/h4-5,8,14H,1-3,6-7,11H2,(H,12,13). The van der Waals surface area contributed by atoms with E-state index in [0.29, 0.717) is 5.82 Å². The van der Waals surface area contributed by atoms with Crippen molar-refractivity contribution in [2.45, 2.75) is 24.2 Å². The highest BCUT2D eigenvalue weighted by atomic mass is 32.2. The fraction of sp³-hybridized carbons (Fsp3) is 0.500. The molecule has 1 aliphatic rings. The van der Waals surface area contributed by atoms with E-state index < -0.39 is 10.0 Å². The summed E-state index contributed by atoms with van der Waals surface area (Å²) in [6, 6.07) is 2.83. The van der Waals surface area contributed by atoms with Crippen LogP contribution in [0.5, 0.6) is 0 Å². The molecule has 0 saturated carbocycles. The number of hydrogen-bond acceptors (Lipinski definition) is 6. The molecule has 2 heterocycles. The Morgan fingerprint density at radius 2 is 2.00 bits per heavy atom. The normalized spacial score (nSPS) is 17.6. The topological polar surface area (TPSA) is 100 Å². The third-order valence-corrected chi connectivity index (χ3v) is 4.17. The highest BCUT2D eigenvalue weighted by Crippen LogP contribution is 2.14. The van der Waals surface area contributed by atoms with Crippen LogP contribution in [0.15, 0.2) is 23.2 Å². The summed E-state index contributed by atoms with van der Waals surface area (Å²) in [7, 11) is -3.55. The highest BCUT2D eigenvalue weighted by molar-refractivity contribution is 7.89. The number of rotatable bonds is 4. The van der Waals surface area contributed by atoms with E-state index in [2.05, 4.69) is 15.2 Å². The number of nitrogen functional groups attached to an aromatic ring is 1. The lowest BCUT2D eigenvalue weighted by molar-refractivity contribution is 0.200. The van der Waals surface area contributed by atoms with Crippen molar-refractivity contribution in [3.05, 3.63) is 18.3 Å². The van der Waals surface area contributed by atoms with E-state index in [1.165, 1.54) is 18.3 Å². The average Bonchev–Trinajstić information content (AvgIpc) is 2.39. The first-order valence-electron chi connectivity index (χ1n) is 5.82. The van der Waals surface area contributed by atoms with Gasteiger partial charge < -0.3 is 5.43 Å². The predicted octanol–water partition coefficient (Wildman–Crippen LogP) is 0.0464. The fourth-order valence-corrected chi connectivity index (χ4v) is 3.00. The number of anilines is 1. The Hall–Kier alpha value is -1.22. The van der Waals surface area contributed by atoms with E-state index in [-0.39, 0.29) is 4.90 Å². The monoisotopic (exact) mass is 271 g/mol. The lowest BCUT2D eigenvalue weighted by Gasteiger charge is -2.26. The minimum atomic E-state index is -3.55. The van der Waals surface area contributed by atoms with Crippen LogP contribution in [0.4, 0.5) is 5.82 Å². The maximum atomic E-state index is 12.1. The summed E-state index contributed by atoms with van der Waals surface area (Å²) >= 11 is 0. The second-order valence-electron chi connectivity index (χ2n) is 4.16. The molecule has 0 atom stereocenters. The van der Waals surface area contributed by atoms with Crippen LogP contribution in [0.1, 0.15) is 19.3 Å². The number of hydrogen-bond donors (Lipinski definition) is 3. The van der Waals surface area contributed by atoms with Crippen molar-refractivity contribution in [3.8, 4) is 0 Å². The summed E-state index contributed by atoms with van der Waals surface area (Å²) in [5.74, 6) is 5.52. The Kier molecular flexibility index (Phi) is 4.12. The van der Waals surface area contributed by atoms with Gasteiger partial charge >= 0.3 is 0 Å². The maximum Gasteiger partial charge on any atom is 0.253 e. The molecule has 0 aliphatic carbocycles. The van der Waals surface area contributed by atoms with Crippen LogP contribution in [-0.4, -0.2) is 31.5 Å². The molecule has 0 bridgehead atoms. The molecule has 1 aliphatic heterocycles. The summed E-state index contributed by atoms with van der Waals surface area (Å²) in [6.07, 6.45) is 4.57. The second kappa shape index (κ2) is 5.61. The van der Waals surface area contributed by atoms with Crippen LogP contribution in [0.3, 0.4) is 0 Å². The lowest BCUT2D eigenvalue weighted by Crippen LogP contribution is -2.44. The minimum absolute atomic E-state index is 0.149. The first kappa shape index (κ1) is 13.2. The first-order chi connectivity index (χ1) is 8.62. The summed E-state index contributed by atoms with van der Waals surface area (Å²) in [5.41, 5.74) is 2.33. The molecule has 1 saturated heterocycles.